The molecule has 5 nitrogen and oxygen atoms in total. The lowest BCUT2D eigenvalue weighted by molar-refractivity contribution is 0.132. The summed E-state index contributed by atoms with van der Waals surface area (Å²) in [6.45, 7) is 1.96. The number of methoxy groups -OCH3 is 1. The summed E-state index contributed by atoms with van der Waals surface area (Å²) >= 11 is 1.58. The molecule has 2 aromatic carbocycles. The Kier molecular flexibility index (Phi) is 5.00. The zero-order chi connectivity index (χ0) is 19.5. The highest BCUT2D eigenvalue weighted by atomic mass is 32.1. The van der Waals surface area contributed by atoms with E-state index in [4.69, 9.17) is 9.47 Å². The molecule has 1 fully saturated rings. The van der Waals surface area contributed by atoms with Crippen molar-refractivity contribution in [3.63, 3.8) is 0 Å². The number of nitrogens with one attached hydrogen (secondary N) is 1. The van der Waals surface area contributed by atoms with Crippen molar-refractivity contribution >= 4 is 17.4 Å². The van der Waals surface area contributed by atoms with E-state index in [2.05, 4.69) is 22.1 Å². The van der Waals surface area contributed by atoms with Gasteiger partial charge in [-0.1, -0.05) is 30.2 Å². The monoisotopic (exact) mass is 390 g/mol. The van der Waals surface area contributed by atoms with Crippen LogP contribution in [0.25, 0.3) is 0 Å². The number of carbonyl (C=O) groups excluding carboxylic acids is 1. The summed E-state index contributed by atoms with van der Waals surface area (Å²) in [7, 11) is 1.61. The second-order valence-electron chi connectivity index (χ2n) is 6.35. The minimum atomic E-state index is -0.438. The number of nitrogens with zero attached hydrogens (tertiary/aromatic N) is 1. The van der Waals surface area contributed by atoms with Crippen molar-refractivity contribution in [3.05, 3.63) is 81.3 Å². The number of amides is 1. The van der Waals surface area contributed by atoms with E-state index < -0.39 is 12.2 Å². The third kappa shape index (κ3) is 3.85. The van der Waals surface area contributed by atoms with E-state index in [9.17, 15) is 4.79 Å². The SMILES string of the molecule is COc1cccc([C@H]2OC(=O)N[C@@H]2c2cccc(C#Cc3csc(C)n3)c2)c1. The molecule has 1 saturated heterocycles. The number of hydrogen-bond acceptors (Lipinski definition) is 5. The Morgan fingerprint density at radius 3 is 2.75 bits per heavy atom. The predicted molar refractivity (Wildman–Crippen MR) is 107 cm³/mol. The molecule has 1 amide bonds. The molecule has 1 N–H and O–H groups in total. The zero-order valence-electron chi connectivity index (χ0n) is 15.4. The van der Waals surface area contributed by atoms with Crippen LogP contribution in [0.3, 0.4) is 0 Å². The second-order valence-corrected chi connectivity index (χ2v) is 7.41. The molecule has 0 radical (unpaired) electrons. The summed E-state index contributed by atoms with van der Waals surface area (Å²) in [5.74, 6) is 6.94. The van der Waals surface area contributed by atoms with Gasteiger partial charge in [0.05, 0.1) is 18.2 Å². The Hall–Kier alpha value is -3.30. The van der Waals surface area contributed by atoms with Crippen LogP contribution in [0, 0.1) is 18.8 Å². The van der Waals surface area contributed by atoms with Gasteiger partial charge in [-0.15, -0.1) is 11.3 Å². The van der Waals surface area contributed by atoms with Gasteiger partial charge in [-0.25, -0.2) is 9.78 Å². The van der Waals surface area contributed by atoms with Crippen molar-refractivity contribution in [2.24, 2.45) is 0 Å². The summed E-state index contributed by atoms with van der Waals surface area (Å²) in [4.78, 5) is 16.3. The Morgan fingerprint density at radius 1 is 1.14 bits per heavy atom. The molecule has 140 valence electrons. The molecule has 1 aliphatic rings. The lowest BCUT2D eigenvalue weighted by Gasteiger charge is -2.18. The number of carbonyl (C=O) groups is 1. The first-order chi connectivity index (χ1) is 13.6. The smallest absolute Gasteiger partial charge is 0.408 e. The van der Waals surface area contributed by atoms with Crippen molar-refractivity contribution in [1.82, 2.24) is 10.3 Å². The number of alkyl carbamates (subject to hydrolysis) is 1. The Labute approximate surface area is 167 Å². The van der Waals surface area contributed by atoms with Crippen LogP contribution in [-0.2, 0) is 4.74 Å². The normalized spacial score (nSPS) is 18.0. The molecule has 2 heterocycles. The molecule has 4 rings (SSSR count). The van der Waals surface area contributed by atoms with Gasteiger partial charge in [0.1, 0.15) is 11.4 Å². The van der Waals surface area contributed by atoms with E-state index in [1.807, 2.05) is 60.8 Å². The fourth-order valence-corrected chi connectivity index (χ4v) is 3.67. The summed E-state index contributed by atoms with van der Waals surface area (Å²) in [5, 5.41) is 5.83. The van der Waals surface area contributed by atoms with Crippen LogP contribution >= 0.6 is 11.3 Å². The average molecular weight is 390 g/mol. The van der Waals surface area contributed by atoms with E-state index in [1.54, 1.807) is 18.4 Å². The Bertz CT molecular complexity index is 1080. The minimum absolute atomic E-state index is 0.303. The third-order valence-electron chi connectivity index (χ3n) is 4.43. The lowest BCUT2D eigenvalue weighted by atomic mass is 9.95. The largest absolute Gasteiger partial charge is 0.497 e. The van der Waals surface area contributed by atoms with E-state index in [0.29, 0.717) is 0 Å². The maximum Gasteiger partial charge on any atom is 0.408 e. The van der Waals surface area contributed by atoms with Crippen molar-refractivity contribution < 1.29 is 14.3 Å². The van der Waals surface area contributed by atoms with Gasteiger partial charge in [0.25, 0.3) is 0 Å². The number of ether oxygens (including phenoxy) is 2. The molecule has 1 aliphatic heterocycles. The van der Waals surface area contributed by atoms with Gasteiger partial charge in [0, 0.05) is 10.9 Å². The van der Waals surface area contributed by atoms with Crippen molar-refractivity contribution in [1.29, 1.82) is 0 Å². The number of thiazole rings is 1. The molecule has 28 heavy (non-hydrogen) atoms. The fourth-order valence-electron chi connectivity index (χ4n) is 3.12. The Balaban J connectivity index is 1.63. The highest BCUT2D eigenvalue weighted by Crippen LogP contribution is 2.37. The van der Waals surface area contributed by atoms with E-state index >= 15 is 0 Å². The maximum atomic E-state index is 12.0. The molecule has 0 aliphatic carbocycles. The molecule has 1 aromatic heterocycles. The van der Waals surface area contributed by atoms with Gasteiger partial charge in [-0.3, -0.25) is 0 Å². The van der Waals surface area contributed by atoms with Crippen LogP contribution in [0.5, 0.6) is 5.75 Å². The molecule has 3 aromatic rings. The highest BCUT2D eigenvalue weighted by molar-refractivity contribution is 7.09. The van der Waals surface area contributed by atoms with Gasteiger partial charge in [0.15, 0.2) is 6.10 Å². The number of benzene rings is 2. The number of rotatable bonds is 3. The predicted octanol–water partition coefficient (Wildman–Crippen LogP) is 4.38. The maximum absolute atomic E-state index is 12.0. The van der Waals surface area contributed by atoms with Crippen molar-refractivity contribution in [2.75, 3.05) is 7.11 Å². The molecular weight excluding hydrogens is 372 g/mol. The van der Waals surface area contributed by atoms with Crippen molar-refractivity contribution in [2.45, 2.75) is 19.1 Å². The number of hydrogen-bond donors (Lipinski definition) is 1. The fraction of sp³-hybridized carbons (Fsp3) is 0.182. The first-order valence-corrected chi connectivity index (χ1v) is 9.65. The number of aryl methyl sites for hydroxylation is 1. The molecule has 6 heteroatoms. The first kappa shape index (κ1) is 18.1. The molecule has 0 saturated carbocycles. The van der Waals surface area contributed by atoms with Gasteiger partial charge in [-0.05, 0) is 48.2 Å². The summed E-state index contributed by atoms with van der Waals surface area (Å²) < 4.78 is 10.8. The van der Waals surface area contributed by atoms with Crippen LogP contribution in [0.2, 0.25) is 0 Å². The summed E-state index contributed by atoms with van der Waals surface area (Å²) in [6, 6.07) is 15.1. The minimum Gasteiger partial charge on any atom is -0.497 e. The number of aromatic nitrogens is 1. The molecule has 2 atom stereocenters. The van der Waals surface area contributed by atoms with Crippen LogP contribution in [-0.4, -0.2) is 18.2 Å². The topological polar surface area (TPSA) is 60.5 Å². The van der Waals surface area contributed by atoms with Gasteiger partial charge < -0.3 is 14.8 Å². The molecule has 0 spiro atoms. The summed E-state index contributed by atoms with van der Waals surface area (Å²) in [5.41, 5.74) is 3.42. The zero-order valence-corrected chi connectivity index (χ0v) is 16.2. The van der Waals surface area contributed by atoms with Crippen molar-refractivity contribution in [3.8, 4) is 17.6 Å². The molecular formula is C22H18N2O3S. The molecule has 0 unspecified atom stereocenters. The standard InChI is InChI=1S/C22H18N2O3S/c1-14-23-18(13-28-14)10-9-15-5-3-6-16(11-15)20-21(27-22(25)24-20)17-7-4-8-19(12-17)26-2/h3-8,11-13,20-21H,1-2H3,(H,24,25)/t20-,21-/m1/s1. The highest BCUT2D eigenvalue weighted by Gasteiger charge is 2.36. The second kappa shape index (κ2) is 7.75. The van der Waals surface area contributed by atoms with Crippen LogP contribution in [0.4, 0.5) is 4.79 Å². The average Bonchev–Trinajstić information content (AvgIpc) is 3.32. The van der Waals surface area contributed by atoms with Gasteiger partial charge in [0.2, 0.25) is 0 Å². The Morgan fingerprint density at radius 2 is 1.96 bits per heavy atom. The summed E-state index contributed by atoms with van der Waals surface area (Å²) in [6.07, 6.45) is -0.876. The number of cyclic esters (lactones) is 1. The lowest BCUT2D eigenvalue weighted by Crippen LogP contribution is -2.19. The van der Waals surface area contributed by atoms with Gasteiger partial charge in [-0.2, -0.15) is 0 Å². The van der Waals surface area contributed by atoms with Crippen LogP contribution < -0.4 is 10.1 Å². The van der Waals surface area contributed by atoms with Crippen LogP contribution in [0.1, 0.15) is 39.5 Å². The third-order valence-corrected chi connectivity index (χ3v) is 5.21. The first-order valence-electron chi connectivity index (χ1n) is 8.77. The van der Waals surface area contributed by atoms with Crippen LogP contribution in [0.15, 0.2) is 53.9 Å². The van der Waals surface area contributed by atoms with E-state index in [1.165, 1.54) is 0 Å². The van der Waals surface area contributed by atoms with E-state index in [-0.39, 0.29) is 6.04 Å². The van der Waals surface area contributed by atoms with E-state index in [0.717, 1.165) is 33.1 Å². The van der Waals surface area contributed by atoms with Gasteiger partial charge >= 0.3 is 6.09 Å². The quantitative estimate of drug-likeness (QED) is 0.674. The molecule has 0 bridgehead atoms.